The van der Waals surface area contributed by atoms with E-state index in [0.717, 1.165) is 31.7 Å². The van der Waals surface area contributed by atoms with Crippen molar-refractivity contribution in [1.29, 1.82) is 0 Å². The van der Waals surface area contributed by atoms with Crippen LogP contribution in [0.25, 0.3) is 11.4 Å². The molecule has 1 amide bonds. The smallest absolute Gasteiger partial charge is 0.444 e. The minimum Gasteiger partial charge on any atom is -0.444 e. The Kier molecular flexibility index (Phi) is 6.61. The first-order valence-electron chi connectivity index (χ1n) is 10.2. The number of carbonyl (C=O) groups excluding carboxylic acids is 1. The van der Waals surface area contributed by atoms with Crippen molar-refractivity contribution in [3.63, 3.8) is 0 Å². The summed E-state index contributed by atoms with van der Waals surface area (Å²) in [4.78, 5) is 21.6. The molecule has 0 saturated carbocycles. The van der Waals surface area contributed by atoms with Gasteiger partial charge in [-0.05, 0) is 37.5 Å². The van der Waals surface area contributed by atoms with Gasteiger partial charge in [0.25, 0.3) is 0 Å². The van der Waals surface area contributed by atoms with Gasteiger partial charge in [0.15, 0.2) is 11.6 Å². The van der Waals surface area contributed by atoms with Crippen molar-refractivity contribution in [2.24, 2.45) is 0 Å². The maximum atomic E-state index is 14.3. The van der Waals surface area contributed by atoms with Gasteiger partial charge in [-0.25, -0.2) is 18.6 Å². The van der Waals surface area contributed by atoms with Crippen LogP contribution in [0.4, 0.5) is 38.3 Å². The Hall–Kier alpha value is -3.77. The Morgan fingerprint density at radius 1 is 1.12 bits per heavy atom. The molecule has 8 nitrogen and oxygen atoms in total. The molecule has 1 aromatic carbocycles. The lowest BCUT2D eigenvalue weighted by molar-refractivity contribution is -0.159. The summed E-state index contributed by atoms with van der Waals surface area (Å²) < 4.78 is 75.4. The maximum absolute atomic E-state index is 14.3. The molecule has 1 aliphatic rings. The number of aromatic nitrogens is 3. The summed E-state index contributed by atoms with van der Waals surface area (Å²) in [6.07, 6.45) is -1.10. The SMILES string of the molecule is O=C(Nc1c(F)cc(-c2noc(C(F)(F)F)n2)cc1F)OCc1ccc(N2CCCCC2)nc1. The number of rotatable bonds is 5. The van der Waals surface area contributed by atoms with Crippen LogP contribution in [0.2, 0.25) is 0 Å². The maximum Gasteiger partial charge on any atom is 0.471 e. The van der Waals surface area contributed by atoms with E-state index in [2.05, 4.69) is 24.5 Å². The molecule has 0 unspecified atom stereocenters. The van der Waals surface area contributed by atoms with Crippen LogP contribution in [-0.4, -0.2) is 34.3 Å². The van der Waals surface area contributed by atoms with Crippen LogP contribution in [0, 0.1) is 11.6 Å². The van der Waals surface area contributed by atoms with Gasteiger partial charge >= 0.3 is 18.2 Å². The molecule has 4 rings (SSSR count). The number of anilines is 2. The van der Waals surface area contributed by atoms with Crippen molar-refractivity contribution < 1.29 is 36.0 Å². The zero-order valence-electron chi connectivity index (χ0n) is 17.5. The fraction of sp³-hybridized carbons (Fsp3) is 0.333. The summed E-state index contributed by atoms with van der Waals surface area (Å²) >= 11 is 0. The molecule has 1 aliphatic heterocycles. The molecule has 34 heavy (non-hydrogen) atoms. The predicted octanol–water partition coefficient (Wildman–Crippen LogP) is 5.17. The summed E-state index contributed by atoms with van der Waals surface area (Å²) in [7, 11) is 0. The van der Waals surface area contributed by atoms with Crippen LogP contribution in [0.1, 0.15) is 30.7 Å². The van der Waals surface area contributed by atoms with Crippen LogP contribution in [-0.2, 0) is 17.5 Å². The van der Waals surface area contributed by atoms with Gasteiger partial charge in [0.1, 0.15) is 18.1 Å². The topological polar surface area (TPSA) is 93.4 Å². The molecule has 13 heteroatoms. The summed E-state index contributed by atoms with van der Waals surface area (Å²) in [5, 5.41) is 5.00. The number of carbonyl (C=O) groups is 1. The van der Waals surface area contributed by atoms with Crippen molar-refractivity contribution in [3.8, 4) is 11.4 Å². The number of pyridine rings is 1. The number of halogens is 5. The van der Waals surface area contributed by atoms with Crippen molar-refractivity contribution in [1.82, 2.24) is 15.1 Å². The Morgan fingerprint density at radius 2 is 1.82 bits per heavy atom. The molecular formula is C21H18F5N5O3. The van der Waals surface area contributed by atoms with E-state index in [1.54, 1.807) is 12.3 Å². The largest absolute Gasteiger partial charge is 0.471 e. The highest BCUT2D eigenvalue weighted by molar-refractivity contribution is 5.85. The van der Waals surface area contributed by atoms with Crippen LogP contribution in [0.3, 0.4) is 0 Å². The number of ether oxygens (including phenoxy) is 1. The van der Waals surface area contributed by atoms with Gasteiger partial charge in [-0.1, -0.05) is 11.2 Å². The summed E-state index contributed by atoms with van der Waals surface area (Å²) in [5.74, 6) is -4.04. The molecule has 1 fully saturated rings. The Balaban J connectivity index is 1.37. The Labute approximate surface area is 189 Å². The number of alkyl halides is 3. The second-order valence-corrected chi connectivity index (χ2v) is 7.51. The van der Waals surface area contributed by atoms with E-state index in [4.69, 9.17) is 4.74 Å². The average molecular weight is 483 g/mol. The number of hydrogen-bond acceptors (Lipinski definition) is 7. The van der Waals surface area contributed by atoms with Gasteiger partial charge in [-0.3, -0.25) is 5.32 Å². The first kappa shape index (κ1) is 23.4. The van der Waals surface area contributed by atoms with Gasteiger partial charge in [-0.2, -0.15) is 18.2 Å². The van der Waals surface area contributed by atoms with Gasteiger partial charge in [0.05, 0.1) is 0 Å². The van der Waals surface area contributed by atoms with Gasteiger partial charge in [0.2, 0.25) is 5.82 Å². The van der Waals surface area contributed by atoms with E-state index in [0.29, 0.717) is 17.7 Å². The molecule has 3 heterocycles. The monoisotopic (exact) mass is 483 g/mol. The molecule has 1 N–H and O–H groups in total. The predicted molar refractivity (Wildman–Crippen MR) is 109 cm³/mol. The molecule has 1 saturated heterocycles. The minimum atomic E-state index is -4.91. The van der Waals surface area contributed by atoms with Crippen molar-refractivity contribution in [3.05, 3.63) is 53.6 Å². The first-order chi connectivity index (χ1) is 16.2. The third-order valence-electron chi connectivity index (χ3n) is 5.06. The van der Waals surface area contributed by atoms with Gasteiger partial charge in [0, 0.05) is 30.4 Å². The molecule has 180 valence electrons. The molecule has 3 aromatic rings. The van der Waals surface area contributed by atoms with E-state index in [9.17, 15) is 26.7 Å². The minimum absolute atomic E-state index is 0.191. The van der Waals surface area contributed by atoms with E-state index in [1.807, 2.05) is 11.4 Å². The number of nitrogens with one attached hydrogen (secondary N) is 1. The van der Waals surface area contributed by atoms with Crippen molar-refractivity contribution in [2.75, 3.05) is 23.3 Å². The highest BCUT2D eigenvalue weighted by Gasteiger charge is 2.38. The Bertz CT molecular complexity index is 1140. The highest BCUT2D eigenvalue weighted by atomic mass is 19.4. The van der Waals surface area contributed by atoms with E-state index >= 15 is 0 Å². The molecule has 0 spiro atoms. The summed E-state index contributed by atoms with van der Waals surface area (Å²) in [6, 6.07) is 4.86. The highest BCUT2D eigenvalue weighted by Crippen LogP contribution is 2.31. The molecular weight excluding hydrogens is 465 g/mol. The third-order valence-corrected chi connectivity index (χ3v) is 5.06. The van der Waals surface area contributed by atoms with Crippen molar-refractivity contribution >= 4 is 17.6 Å². The van der Waals surface area contributed by atoms with Gasteiger partial charge in [-0.15, -0.1) is 0 Å². The number of benzene rings is 1. The molecule has 0 bridgehead atoms. The molecule has 0 aliphatic carbocycles. The summed E-state index contributed by atoms with van der Waals surface area (Å²) in [6.45, 7) is 1.66. The lowest BCUT2D eigenvalue weighted by Gasteiger charge is -2.27. The van der Waals surface area contributed by atoms with E-state index in [1.165, 1.54) is 6.42 Å². The number of hydrogen-bond donors (Lipinski definition) is 1. The fourth-order valence-corrected chi connectivity index (χ4v) is 3.38. The quantitative estimate of drug-likeness (QED) is 0.501. The normalized spacial score (nSPS) is 14.2. The lowest BCUT2D eigenvalue weighted by Crippen LogP contribution is -2.30. The average Bonchev–Trinajstić information content (AvgIpc) is 3.32. The fourth-order valence-electron chi connectivity index (χ4n) is 3.38. The van der Waals surface area contributed by atoms with Crippen LogP contribution in [0.5, 0.6) is 0 Å². The lowest BCUT2D eigenvalue weighted by atomic mass is 10.1. The van der Waals surface area contributed by atoms with Crippen LogP contribution in [0.15, 0.2) is 35.0 Å². The first-order valence-corrected chi connectivity index (χ1v) is 10.2. The molecule has 0 atom stereocenters. The van der Waals surface area contributed by atoms with Gasteiger partial charge < -0.3 is 14.2 Å². The number of amides is 1. The van der Waals surface area contributed by atoms with Crippen molar-refractivity contribution in [2.45, 2.75) is 32.0 Å². The van der Waals surface area contributed by atoms with Crippen LogP contribution < -0.4 is 10.2 Å². The van der Waals surface area contributed by atoms with E-state index < -0.39 is 46.9 Å². The standard InChI is InChI=1S/C21H18F5N5O3/c22-14-8-13(18-29-19(34-30-18)21(24,25)26)9-15(23)17(14)28-20(32)33-11-12-4-5-16(27-10-12)31-6-2-1-3-7-31/h4-5,8-10H,1-3,6-7,11H2,(H,28,32). The third kappa shape index (κ3) is 5.41. The summed E-state index contributed by atoms with van der Waals surface area (Å²) in [5.41, 5.74) is -0.676. The zero-order valence-corrected chi connectivity index (χ0v) is 17.5. The zero-order chi connectivity index (χ0) is 24.3. The second kappa shape index (κ2) is 9.61. The second-order valence-electron chi connectivity index (χ2n) is 7.51. The van der Waals surface area contributed by atoms with E-state index in [-0.39, 0.29) is 6.61 Å². The van der Waals surface area contributed by atoms with Crippen LogP contribution >= 0.6 is 0 Å². The number of piperidine rings is 1. The Morgan fingerprint density at radius 3 is 2.41 bits per heavy atom. The number of nitrogens with zero attached hydrogens (tertiary/aromatic N) is 4. The molecule has 2 aromatic heterocycles. The molecule has 0 radical (unpaired) electrons.